The maximum atomic E-state index is 13.9. The Morgan fingerprint density at radius 3 is 2.68 bits per heavy atom. The van der Waals surface area contributed by atoms with E-state index < -0.39 is 36.4 Å². The molecule has 1 aliphatic rings. The van der Waals surface area contributed by atoms with Gasteiger partial charge < -0.3 is 19.9 Å². The van der Waals surface area contributed by atoms with Crippen molar-refractivity contribution in [2.45, 2.75) is 83.3 Å². The van der Waals surface area contributed by atoms with Crippen molar-refractivity contribution in [2.24, 2.45) is 5.92 Å². The molecule has 7 heteroatoms. The van der Waals surface area contributed by atoms with Gasteiger partial charge in [-0.3, -0.25) is 4.79 Å². The van der Waals surface area contributed by atoms with E-state index in [1.807, 2.05) is 13.8 Å². The zero-order chi connectivity index (χ0) is 21.2. The maximum Gasteiger partial charge on any atom is 0.327 e. The van der Waals surface area contributed by atoms with Gasteiger partial charge in [-0.2, -0.15) is 8.78 Å². The van der Waals surface area contributed by atoms with Crippen LogP contribution in [-0.2, 0) is 9.59 Å². The van der Waals surface area contributed by atoms with Gasteiger partial charge in [-0.15, -0.1) is 11.8 Å². The number of likely N-dealkylation sites (tertiary alicyclic amines) is 1. The molecule has 1 N–H and O–H groups in total. The fourth-order valence-electron chi connectivity index (χ4n) is 3.08. The first kappa shape index (κ1) is 24.1. The number of carbonyl (C=O) groups is 2. The minimum absolute atomic E-state index is 0.0230. The number of carboxylic acid groups (broad SMARTS) is 1. The van der Waals surface area contributed by atoms with Crippen molar-refractivity contribution in [2.75, 3.05) is 6.54 Å². The van der Waals surface area contributed by atoms with E-state index in [0.717, 1.165) is 11.3 Å². The van der Waals surface area contributed by atoms with Crippen LogP contribution >= 0.6 is 0 Å². The summed E-state index contributed by atoms with van der Waals surface area (Å²) in [4.78, 5) is 23.5. The average molecular weight is 398 g/mol. The molecule has 1 heterocycles. The van der Waals surface area contributed by atoms with Crippen LogP contribution < -0.4 is 5.11 Å². The van der Waals surface area contributed by atoms with E-state index in [1.54, 1.807) is 0 Å². The summed E-state index contributed by atoms with van der Waals surface area (Å²) < 4.78 is 27.7. The number of rotatable bonds is 11. The standard InChI is InChI=1S/C21H31F2NO4/c1-3-4-7-10-16(2)18(25)13-12-17-15-21(22,23)20(28)24(17)14-9-6-5-8-11-19(26)27/h12-13,16-18,25H,3,5-6,8-11,14-15H2,1-2H3,(H,26,27)/p-1/b13-12+/t16-,17-,18-/m0/s1. The van der Waals surface area contributed by atoms with E-state index in [9.17, 15) is 28.6 Å². The molecule has 0 aromatic heterocycles. The molecule has 3 atom stereocenters. The third-order valence-corrected chi connectivity index (χ3v) is 4.81. The van der Waals surface area contributed by atoms with Crippen LogP contribution in [0.2, 0.25) is 0 Å². The summed E-state index contributed by atoms with van der Waals surface area (Å²) in [6.45, 7) is 3.95. The Bertz CT molecular complexity index is 609. The average Bonchev–Trinajstić information content (AvgIpc) is 2.85. The molecule has 1 rings (SSSR count). The van der Waals surface area contributed by atoms with Crippen molar-refractivity contribution in [3.05, 3.63) is 12.2 Å². The number of unbranched alkanes of at least 4 members (excludes halogenated alkanes) is 3. The van der Waals surface area contributed by atoms with Gasteiger partial charge in [0, 0.05) is 31.8 Å². The lowest BCUT2D eigenvalue weighted by Gasteiger charge is -2.22. The SMILES string of the molecule is CCC#CC[C@H](C)[C@@H](O)/C=C/[C@H]1CC(F)(F)C(=O)N1CCCCCCC(=O)[O-]. The normalized spacial score (nSPS) is 20.8. The summed E-state index contributed by atoms with van der Waals surface area (Å²) in [6, 6.07) is -0.755. The number of hydrogen-bond donors (Lipinski definition) is 1. The molecule has 0 radical (unpaired) electrons. The predicted molar refractivity (Wildman–Crippen MR) is 100 cm³/mol. The Morgan fingerprint density at radius 2 is 2.04 bits per heavy atom. The quantitative estimate of drug-likeness (QED) is 0.329. The highest BCUT2D eigenvalue weighted by atomic mass is 19.3. The van der Waals surface area contributed by atoms with Crippen molar-refractivity contribution < 1.29 is 28.6 Å². The van der Waals surface area contributed by atoms with Crippen molar-refractivity contribution in [3.63, 3.8) is 0 Å². The number of alkyl halides is 2. The molecule has 0 unspecified atom stereocenters. The fraction of sp³-hybridized carbons (Fsp3) is 0.714. The minimum atomic E-state index is -3.40. The number of carbonyl (C=O) groups excluding carboxylic acids is 2. The van der Waals surface area contributed by atoms with Crippen LogP contribution in [0.25, 0.3) is 0 Å². The number of aliphatic hydroxyl groups excluding tert-OH is 1. The summed E-state index contributed by atoms with van der Waals surface area (Å²) in [7, 11) is 0. The van der Waals surface area contributed by atoms with E-state index in [0.29, 0.717) is 32.1 Å². The molecule has 158 valence electrons. The highest BCUT2D eigenvalue weighted by Gasteiger charge is 2.52. The first-order valence-electron chi connectivity index (χ1n) is 9.90. The number of nitrogens with zero attached hydrogens (tertiary/aromatic N) is 1. The zero-order valence-corrected chi connectivity index (χ0v) is 16.6. The Hall–Kier alpha value is -1.94. The first-order chi connectivity index (χ1) is 13.2. The van der Waals surface area contributed by atoms with Crippen LogP contribution in [0, 0.1) is 17.8 Å². The Labute approximate surface area is 165 Å². The molecular formula is C21H30F2NO4-. The molecular weight excluding hydrogens is 368 g/mol. The van der Waals surface area contributed by atoms with Gasteiger partial charge in [0.15, 0.2) is 0 Å². The van der Waals surface area contributed by atoms with Gasteiger partial charge in [-0.25, -0.2) is 0 Å². The summed E-state index contributed by atoms with van der Waals surface area (Å²) in [5.41, 5.74) is 0. The van der Waals surface area contributed by atoms with Crippen LogP contribution in [0.1, 0.15) is 65.2 Å². The highest BCUT2D eigenvalue weighted by Crippen LogP contribution is 2.34. The molecule has 1 fully saturated rings. The van der Waals surface area contributed by atoms with Crippen molar-refractivity contribution in [1.82, 2.24) is 4.90 Å². The number of aliphatic carboxylic acids is 1. The lowest BCUT2D eigenvalue weighted by atomic mass is 9.99. The molecule has 0 aromatic carbocycles. The van der Waals surface area contributed by atoms with E-state index in [1.165, 1.54) is 12.2 Å². The Morgan fingerprint density at radius 1 is 1.36 bits per heavy atom. The van der Waals surface area contributed by atoms with Crippen molar-refractivity contribution in [3.8, 4) is 11.8 Å². The van der Waals surface area contributed by atoms with E-state index in [4.69, 9.17) is 0 Å². The highest BCUT2D eigenvalue weighted by molar-refractivity contribution is 5.86. The number of aliphatic hydroxyl groups is 1. The fourth-order valence-corrected chi connectivity index (χ4v) is 3.08. The number of carboxylic acids is 1. The van der Waals surface area contributed by atoms with Crippen LogP contribution in [-0.4, -0.2) is 46.5 Å². The summed E-state index contributed by atoms with van der Waals surface area (Å²) in [6.07, 6.45) is 5.06. The minimum Gasteiger partial charge on any atom is -0.550 e. The second-order valence-electron chi connectivity index (χ2n) is 7.27. The van der Waals surface area contributed by atoms with Gasteiger partial charge in [-0.05, 0) is 25.2 Å². The van der Waals surface area contributed by atoms with Crippen LogP contribution in [0.4, 0.5) is 8.78 Å². The van der Waals surface area contributed by atoms with Gasteiger partial charge in [0.2, 0.25) is 0 Å². The molecule has 0 spiro atoms. The lowest BCUT2D eigenvalue weighted by molar-refractivity contribution is -0.305. The molecule has 1 amide bonds. The zero-order valence-electron chi connectivity index (χ0n) is 16.6. The molecule has 1 saturated heterocycles. The largest absolute Gasteiger partial charge is 0.550 e. The maximum absolute atomic E-state index is 13.9. The van der Waals surface area contributed by atoms with E-state index in [-0.39, 0.29) is 18.9 Å². The second kappa shape index (κ2) is 11.8. The molecule has 28 heavy (non-hydrogen) atoms. The topological polar surface area (TPSA) is 80.7 Å². The number of halogens is 2. The summed E-state index contributed by atoms with van der Waals surface area (Å²) in [5, 5.41) is 20.5. The number of amides is 1. The molecule has 0 aromatic rings. The van der Waals surface area contributed by atoms with Gasteiger partial charge in [0.05, 0.1) is 12.1 Å². The van der Waals surface area contributed by atoms with E-state index in [2.05, 4.69) is 11.8 Å². The van der Waals surface area contributed by atoms with Crippen molar-refractivity contribution >= 4 is 11.9 Å². The first-order valence-corrected chi connectivity index (χ1v) is 9.90. The van der Waals surface area contributed by atoms with Crippen LogP contribution in [0.15, 0.2) is 12.2 Å². The third-order valence-electron chi connectivity index (χ3n) is 4.81. The van der Waals surface area contributed by atoms with E-state index >= 15 is 0 Å². The predicted octanol–water partition coefficient (Wildman–Crippen LogP) is 2.28. The molecule has 0 aliphatic carbocycles. The molecule has 1 aliphatic heterocycles. The van der Waals surface area contributed by atoms with Gasteiger partial charge in [0.25, 0.3) is 5.91 Å². The van der Waals surface area contributed by atoms with Gasteiger partial charge in [-0.1, -0.05) is 38.8 Å². The number of hydrogen-bond acceptors (Lipinski definition) is 4. The lowest BCUT2D eigenvalue weighted by Crippen LogP contribution is -2.36. The molecule has 0 saturated carbocycles. The monoisotopic (exact) mass is 398 g/mol. The Balaban J connectivity index is 2.58. The van der Waals surface area contributed by atoms with Crippen LogP contribution in [0.3, 0.4) is 0 Å². The van der Waals surface area contributed by atoms with Crippen LogP contribution in [0.5, 0.6) is 0 Å². The summed E-state index contributed by atoms with van der Waals surface area (Å²) in [5.74, 6) is 0.0602. The third kappa shape index (κ3) is 7.97. The Kier molecular flexibility index (Phi) is 10.2. The van der Waals surface area contributed by atoms with Gasteiger partial charge in [0.1, 0.15) is 0 Å². The molecule has 0 bridgehead atoms. The van der Waals surface area contributed by atoms with Gasteiger partial charge >= 0.3 is 5.92 Å². The smallest absolute Gasteiger partial charge is 0.327 e. The second-order valence-corrected chi connectivity index (χ2v) is 7.27. The summed E-state index contributed by atoms with van der Waals surface area (Å²) >= 11 is 0. The molecule has 5 nitrogen and oxygen atoms in total. The van der Waals surface area contributed by atoms with Crippen molar-refractivity contribution in [1.29, 1.82) is 0 Å².